The molecule has 96 valence electrons. The molecule has 0 radical (unpaired) electrons. The summed E-state index contributed by atoms with van der Waals surface area (Å²) in [5, 5.41) is 0. The Labute approximate surface area is 110 Å². The molecule has 0 saturated heterocycles. The van der Waals surface area contributed by atoms with Gasteiger partial charge in [0.15, 0.2) is 0 Å². The number of primary amides is 1. The first-order valence-electron chi connectivity index (χ1n) is 6.02. The summed E-state index contributed by atoms with van der Waals surface area (Å²) in [7, 11) is 0. The van der Waals surface area contributed by atoms with E-state index in [4.69, 9.17) is 15.2 Å². The normalized spacial score (nSPS) is 14.1. The lowest BCUT2D eigenvalue weighted by molar-refractivity contribution is -0.137. The summed E-state index contributed by atoms with van der Waals surface area (Å²) in [4.78, 5) is 11.4. The summed E-state index contributed by atoms with van der Waals surface area (Å²) in [5.41, 5.74) is 7.32. The van der Waals surface area contributed by atoms with Crippen LogP contribution in [0.3, 0.4) is 0 Å². The van der Waals surface area contributed by atoms with E-state index in [1.54, 1.807) is 0 Å². The number of para-hydroxylation sites is 2. The molecule has 19 heavy (non-hydrogen) atoms. The first kappa shape index (κ1) is 11.6. The van der Waals surface area contributed by atoms with Crippen molar-refractivity contribution in [3.63, 3.8) is 0 Å². The van der Waals surface area contributed by atoms with E-state index in [1.165, 1.54) is 0 Å². The second-order valence-corrected chi connectivity index (χ2v) is 4.36. The molecule has 2 aromatic rings. The minimum atomic E-state index is -1.11. The highest BCUT2D eigenvalue weighted by atomic mass is 16.7. The van der Waals surface area contributed by atoms with Crippen molar-refractivity contribution in [2.24, 2.45) is 5.73 Å². The molecule has 0 aliphatic carbocycles. The Morgan fingerprint density at radius 2 is 1.42 bits per heavy atom. The number of carbonyl (C=O) groups is 1. The highest BCUT2D eigenvalue weighted by Crippen LogP contribution is 2.30. The van der Waals surface area contributed by atoms with Crippen LogP contribution in [0.5, 0.6) is 11.5 Å². The monoisotopic (exact) mass is 255 g/mol. The van der Waals surface area contributed by atoms with Gasteiger partial charge in [-0.1, -0.05) is 36.4 Å². The molecule has 2 aromatic carbocycles. The van der Waals surface area contributed by atoms with Crippen LogP contribution >= 0.6 is 0 Å². The van der Waals surface area contributed by atoms with Gasteiger partial charge in [-0.15, -0.1) is 0 Å². The van der Waals surface area contributed by atoms with Crippen LogP contribution in [-0.2, 0) is 11.2 Å². The van der Waals surface area contributed by atoms with Crippen LogP contribution in [0.1, 0.15) is 11.1 Å². The van der Waals surface area contributed by atoms with Crippen LogP contribution in [0.25, 0.3) is 0 Å². The second-order valence-electron chi connectivity index (χ2n) is 4.36. The maximum absolute atomic E-state index is 11.4. The molecule has 1 amide bonds. The molecule has 0 spiro atoms. The van der Waals surface area contributed by atoms with E-state index in [2.05, 4.69) is 0 Å². The highest BCUT2D eigenvalue weighted by molar-refractivity contribution is 5.78. The van der Waals surface area contributed by atoms with Crippen molar-refractivity contribution in [3.05, 3.63) is 59.7 Å². The number of carbonyl (C=O) groups excluding carboxylic acids is 1. The van der Waals surface area contributed by atoms with Crippen molar-refractivity contribution >= 4 is 5.91 Å². The van der Waals surface area contributed by atoms with Gasteiger partial charge in [0.2, 0.25) is 0 Å². The Morgan fingerprint density at radius 3 is 1.89 bits per heavy atom. The quantitative estimate of drug-likeness (QED) is 0.846. The number of hydrogen-bond acceptors (Lipinski definition) is 3. The number of benzene rings is 2. The van der Waals surface area contributed by atoms with Crippen LogP contribution in [0, 0.1) is 0 Å². The average Bonchev–Trinajstić information content (AvgIpc) is 2.38. The van der Waals surface area contributed by atoms with Crippen LogP contribution < -0.4 is 15.2 Å². The third-order valence-corrected chi connectivity index (χ3v) is 3.03. The number of hydrogen-bond donors (Lipinski definition) is 1. The molecule has 2 N–H and O–H groups in total. The van der Waals surface area contributed by atoms with E-state index in [0.717, 1.165) is 11.1 Å². The molecule has 0 bridgehead atoms. The van der Waals surface area contributed by atoms with E-state index in [-0.39, 0.29) is 0 Å². The fourth-order valence-corrected chi connectivity index (χ4v) is 2.11. The molecule has 1 heterocycles. The summed E-state index contributed by atoms with van der Waals surface area (Å²) in [6.07, 6.45) is -0.416. The molecule has 0 saturated carbocycles. The Morgan fingerprint density at radius 1 is 0.947 bits per heavy atom. The Bertz CT molecular complexity index is 577. The predicted octanol–water partition coefficient (Wildman–Crippen LogP) is 1.86. The van der Waals surface area contributed by atoms with Crippen molar-refractivity contribution < 1.29 is 14.3 Å². The summed E-state index contributed by atoms with van der Waals surface area (Å²) in [6, 6.07) is 15.1. The number of fused-ring (bicyclic) bond motifs is 2. The van der Waals surface area contributed by atoms with Gasteiger partial charge in [-0.2, -0.15) is 0 Å². The molecule has 0 atom stereocenters. The van der Waals surface area contributed by atoms with Crippen molar-refractivity contribution in [3.8, 4) is 11.5 Å². The largest absolute Gasteiger partial charge is 0.446 e. The third kappa shape index (κ3) is 2.25. The minimum Gasteiger partial charge on any atom is -0.446 e. The van der Waals surface area contributed by atoms with Crippen molar-refractivity contribution in [1.29, 1.82) is 0 Å². The number of nitrogens with two attached hydrogens (primary N) is 1. The molecule has 4 heteroatoms. The Balaban J connectivity index is 2.10. The summed E-state index contributed by atoms with van der Waals surface area (Å²) in [5.74, 6) is 0.605. The van der Waals surface area contributed by atoms with Gasteiger partial charge in [-0.3, -0.25) is 4.79 Å². The second kappa shape index (κ2) is 4.65. The first-order valence-corrected chi connectivity index (χ1v) is 6.02. The van der Waals surface area contributed by atoms with Gasteiger partial charge in [-0.05, 0) is 23.3 Å². The van der Waals surface area contributed by atoms with Crippen molar-refractivity contribution in [2.75, 3.05) is 0 Å². The van der Waals surface area contributed by atoms with E-state index in [0.29, 0.717) is 17.9 Å². The maximum atomic E-state index is 11.4. The van der Waals surface area contributed by atoms with Crippen LogP contribution in [-0.4, -0.2) is 12.2 Å². The molecule has 1 aliphatic rings. The molecular weight excluding hydrogens is 242 g/mol. The number of ether oxygens (including phenoxy) is 2. The molecular formula is C15H13NO3. The minimum absolute atomic E-state index is 0.626. The molecule has 0 aromatic heterocycles. The lowest BCUT2D eigenvalue weighted by atomic mass is 10.0. The zero-order valence-electron chi connectivity index (χ0n) is 10.2. The smallest absolute Gasteiger partial charge is 0.321 e. The highest BCUT2D eigenvalue weighted by Gasteiger charge is 2.24. The fraction of sp³-hybridized carbons (Fsp3) is 0.133. The van der Waals surface area contributed by atoms with Gasteiger partial charge in [0.05, 0.1) is 0 Å². The van der Waals surface area contributed by atoms with Crippen molar-refractivity contribution in [2.45, 2.75) is 12.7 Å². The lowest BCUT2D eigenvalue weighted by Gasteiger charge is -2.24. The molecule has 1 aliphatic heterocycles. The number of amides is 1. The molecule has 0 unspecified atom stereocenters. The zero-order chi connectivity index (χ0) is 13.2. The van der Waals surface area contributed by atoms with E-state index >= 15 is 0 Å². The zero-order valence-corrected chi connectivity index (χ0v) is 10.2. The average molecular weight is 255 g/mol. The Hall–Kier alpha value is -2.49. The molecule has 0 fully saturated rings. The van der Waals surface area contributed by atoms with Crippen LogP contribution in [0.4, 0.5) is 0 Å². The van der Waals surface area contributed by atoms with Gasteiger partial charge in [0.1, 0.15) is 11.5 Å². The van der Waals surface area contributed by atoms with Gasteiger partial charge in [-0.25, -0.2) is 0 Å². The standard InChI is InChI=1S/C15H13NO3/c16-14(17)15-18-12-7-3-1-5-10(12)9-11-6-2-4-8-13(11)19-15/h1-8,15H,9H2,(H2,16,17). The molecule has 3 rings (SSSR count). The van der Waals surface area contributed by atoms with Crippen LogP contribution in [0.2, 0.25) is 0 Å². The van der Waals surface area contributed by atoms with Gasteiger partial charge >= 0.3 is 6.29 Å². The van der Waals surface area contributed by atoms with E-state index in [1.807, 2.05) is 48.5 Å². The number of rotatable bonds is 1. The predicted molar refractivity (Wildman–Crippen MR) is 69.9 cm³/mol. The van der Waals surface area contributed by atoms with Crippen LogP contribution in [0.15, 0.2) is 48.5 Å². The molecule has 4 nitrogen and oxygen atoms in total. The maximum Gasteiger partial charge on any atom is 0.321 e. The van der Waals surface area contributed by atoms with Gasteiger partial charge in [0, 0.05) is 6.42 Å². The summed E-state index contributed by atoms with van der Waals surface area (Å²) in [6.45, 7) is 0. The Kier molecular flexibility index (Phi) is 2.83. The lowest BCUT2D eigenvalue weighted by Crippen LogP contribution is -2.39. The first-order chi connectivity index (χ1) is 9.24. The van der Waals surface area contributed by atoms with E-state index < -0.39 is 12.2 Å². The summed E-state index contributed by atoms with van der Waals surface area (Å²) < 4.78 is 11.1. The topological polar surface area (TPSA) is 61.6 Å². The fourth-order valence-electron chi connectivity index (χ4n) is 2.11. The third-order valence-electron chi connectivity index (χ3n) is 3.03. The van der Waals surface area contributed by atoms with Gasteiger partial charge < -0.3 is 15.2 Å². The van der Waals surface area contributed by atoms with E-state index in [9.17, 15) is 4.79 Å². The SMILES string of the molecule is NC(=O)C1Oc2ccccc2Cc2ccccc2O1. The van der Waals surface area contributed by atoms with Gasteiger partial charge in [0.25, 0.3) is 5.91 Å². The van der Waals surface area contributed by atoms with Crippen molar-refractivity contribution in [1.82, 2.24) is 0 Å². The summed E-state index contributed by atoms with van der Waals surface area (Å²) >= 11 is 0.